The van der Waals surface area contributed by atoms with E-state index in [1.165, 1.54) is 17.0 Å². The van der Waals surface area contributed by atoms with Crippen molar-refractivity contribution >= 4 is 41.0 Å². The standard InChI is InChI=1S/C20H21ClN2O5/c1-2-28-20(27)15-8-7-12(11-16(15)21)22-17(24)9-10-23-18(25)13-5-3-4-6-14(13)19(23)26/h3-4,7-8,11,13-14H,2,5-6,9-10H2,1H3,(H,22,24)/t13-,14+. The van der Waals surface area contributed by atoms with Crippen LogP contribution in [0, 0.1) is 11.8 Å². The zero-order chi connectivity index (χ0) is 20.3. The zero-order valence-electron chi connectivity index (χ0n) is 15.4. The first-order valence-corrected chi connectivity index (χ1v) is 9.57. The summed E-state index contributed by atoms with van der Waals surface area (Å²) in [5.74, 6) is -1.88. The number of hydrogen-bond donors (Lipinski definition) is 1. The molecule has 1 aromatic rings. The molecule has 1 fully saturated rings. The molecule has 7 nitrogen and oxygen atoms in total. The summed E-state index contributed by atoms with van der Waals surface area (Å²) >= 11 is 6.08. The molecule has 3 rings (SSSR count). The summed E-state index contributed by atoms with van der Waals surface area (Å²) in [5.41, 5.74) is 0.631. The number of rotatable bonds is 6. The van der Waals surface area contributed by atoms with E-state index < -0.39 is 5.97 Å². The molecule has 2 aliphatic rings. The lowest BCUT2D eigenvalue weighted by atomic mass is 9.85. The summed E-state index contributed by atoms with van der Waals surface area (Å²) in [6.45, 7) is 1.98. The van der Waals surface area contributed by atoms with E-state index in [2.05, 4.69) is 5.32 Å². The fourth-order valence-corrected chi connectivity index (χ4v) is 3.75. The molecular formula is C20H21ClN2O5. The van der Waals surface area contributed by atoms with Gasteiger partial charge in [-0.05, 0) is 38.0 Å². The molecule has 148 valence electrons. The molecule has 1 heterocycles. The molecule has 8 heteroatoms. The molecule has 28 heavy (non-hydrogen) atoms. The molecule has 0 bridgehead atoms. The van der Waals surface area contributed by atoms with E-state index in [1.54, 1.807) is 13.0 Å². The van der Waals surface area contributed by atoms with Crippen molar-refractivity contribution in [3.8, 4) is 0 Å². The number of amides is 3. The molecule has 1 saturated heterocycles. The third-order valence-electron chi connectivity index (χ3n) is 4.91. The fraction of sp³-hybridized carbons (Fsp3) is 0.400. The van der Waals surface area contributed by atoms with Crippen molar-refractivity contribution in [3.05, 3.63) is 40.9 Å². The number of ether oxygens (including phenoxy) is 1. The highest BCUT2D eigenvalue weighted by molar-refractivity contribution is 6.34. The van der Waals surface area contributed by atoms with Crippen LogP contribution in [0.3, 0.4) is 0 Å². The predicted molar refractivity (Wildman–Crippen MR) is 103 cm³/mol. The van der Waals surface area contributed by atoms with E-state index in [-0.39, 0.29) is 59.7 Å². The summed E-state index contributed by atoms with van der Waals surface area (Å²) in [4.78, 5) is 50.0. The van der Waals surface area contributed by atoms with E-state index in [0.29, 0.717) is 18.5 Å². The summed E-state index contributed by atoms with van der Waals surface area (Å²) < 4.78 is 4.90. The number of hydrogen-bond acceptors (Lipinski definition) is 5. The highest BCUT2D eigenvalue weighted by Crippen LogP contribution is 2.35. The largest absolute Gasteiger partial charge is 0.462 e. The number of allylic oxidation sites excluding steroid dienone is 2. The molecule has 0 unspecified atom stereocenters. The van der Waals surface area contributed by atoms with Crippen molar-refractivity contribution in [3.63, 3.8) is 0 Å². The van der Waals surface area contributed by atoms with Crippen molar-refractivity contribution < 1.29 is 23.9 Å². The van der Waals surface area contributed by atoms with Crippen LogP contribution < -0.4 is 5.32 Å². The van der Waals surface area contributed by atoms with Crippen LogP contribution in [0.5, 0.6) is 0 Å². The molecule has 0 aromatic heterocycles. The Kier molecular flexibility index (Phi) is 6.14. The lowest BCUT2D eigenvalue weighted by molar-refractivity contribution is -0.140. The molecule has 2 atom stereocenters. The maximum atomic E-state index is 12.4. The minimum absolute atomic E-state index is 0.0123. The van der Waals surface area contributed by atoms with Crippen LogP contribution in [-0.2, 0) is 19.1 Å². The van der Waals surface area contributed by atoms with Crippen molar-refractivity contribution in [2.24, 2.45) is 11.8 Å². The Labute approximate surface area is 167 Å². The van der Waals surface area contributed by atoms with E-state index in [4.69, 9.17) is 16.3 Å². The first-order valence-electron chi connectivity index (χ1n) is 9.19. The van der Waals surface area contributed by atoms with Gasteiger partial charge in [0.05, 0.1) is 29.0 Å². The van der Waals surface area contributed by atoms with E-state index >= 15 is 0 Å². The Balaban J connectivity index is 1.56. The number of halogens is 1. The van der Waals surface area contributed by atoms with Gasteiger partial charge in [-0.1, -0.05) is 23.8 Å². The number of nitrogens with zero attached hydrogens (tertiary/aromatic N) is 1. The van der Waals surface area contributed by atoms with Gasteiger partial charge >= 0.3 is 5.97 Å². The SMILES string of the molecule is CCOC(=O)c1ccc(NC(=O)CCN2C(=O)[C@H]3CC=CC[C@H]3C2=O)cc1Cl. The van der Waals surface area contributed by atoms with Crippen molar-refractivity contribution in [1.29, 1.82) is 0 Å². The molecule has 1 aliphatic heterocycles. The monoisotopic (exact) mass is 404 g/mol. The number of fused-ring (bicyclic) bond motifs is 1. The van der Waals surface area contributed by atoms with Gasteiger partial charge in [0.25, 0.3) is 0 Å². The van der Waals surface area contributed by atoms with E-state index in [1.807, 2.05) is 12.2 Å². The quantitative estimate of drug-likeness (QED) is 0.447. The topological polar surface area (TPSA) is 92.8 Å². The first-order chi connectivity index (χ1) is 13.4. The minimum Gasteiger partial charge on any atom is -0.462 e. The third kappa shape index (κ3) is 4.09. The average Bonchev–Trinajstić information content (AvgIpc) is 2.91. The molecular weight excluding hydrogens is 384 g/mol. The number of anilines is 1. The highest BCUT2D eigenvalue weighted by Gasteiger charge is 2.46. The Hall–Kier alpha value is -2.67. The number of carbonyl (C=O) groups excluding carboxylic acids is 4. The minimum atomic E-state index is -0.535. The van der Waals surface area contributed by atoms with Gasteiger partial charge in [0.1, 0.15) is 0 Å². The molecule has 0 saturated carbocycles. The smallest absolute Gasteiger partial charge is 0.339 e. The lowest BCUT2D eigenvalue weighted by Gasteiger charge is -2.14. The summed E-state index contributed by atoms with van der Waals surface area (Å²) in [5, 5.41) is 2.82. The fourth-order valence-electron chi connectivity index (χ4n) is 3.49. The van der Waals surface area contributed by atoms with Crippen LogP contribution in [-0.4, -0.2) is 41.7 Å². The van der Waals surface area contributed by atoms with E-state index in [9.17, 15) is 19.2 Å². The van der Waals surface area contributed by atoms with Crippen molar-refractivity contribution in [1.82, 2.24) is 4.90 Å². The van der Waals surface area contributed by atoms with Gasteiger partial charge < -0.3 is 10.1 Å². The first kappa shape index (κ1) is 20.1. The molecule has 0 spiro atoms. The summed E-state index contributed by atoms with van der Waals surface area (Å²) in [6, 6.07) is 4.47. The van der Waals surface area contributed by atoms with Crippen molar-refractivity contribution in [2.75, 3.05) is 18.5 Å². The predicted octanol–water partition coefficient (Wildman–Crippen LogP) is 2.80. The normalized spacial score (nSPS) is 20.9. The Morgan fingerprint density at radius 1 is 1.18 bits per heavy atom. The number of esters is 1. The van der Waals surface area contributed by atoms with E-state index in [0.717, 1.165) is 0 Å². The Morgan fingerprint density at radius 3 is 2.39 bits per heavy atom. The summed E-state index contributed by atoms with van der Waals surface area (Å²) in [6.07, 6.45) is 4.98. The molecule has 1 aromatic carbocycles. The summed E-state index contributed by atoms with van der Waals surface area (Å²) in [7, 11) is 0. The molecule has 1 aliphatic carbocycles. The van der Waals surface area contributed by atoms with Gasteiger partial charge in [-0.15, -0.1) is 0 Å². The highest BCUT2D eigenvalue weighted by atomic mass is 35.5. The third-order valence-corrected chi connectivity index (χ3v) is 5.22. The van der Waals surface area contributed by atoms with Crippen LogP contribution in [0.2, 0.25) is 5.02 Å². The van der Waals surface area contributed by atoms with Crippen LogP contribution in [0.4, 0.5) is 5.69 Å². The van der Waals surface area contributed by atoms with Crippen LogP contribution in [0.15, 0.2) is 30.4 Å². The maximum Gasteiger partial charge on any atom is 0.339 e. The van der Waals surface area contributed by atoms with Gasteiger partial charge in [0.2, 0.25) is 17.7 Å². The Morgan fingerprint density at radius 2 is 1.82 bits per heavy atom. The second-order valence-corrected chi connectivity index (χ2v) is 7.10. The second kappa shape index (κ2) is 8.56. The van der Waals surface area contributed by atoms with Crippen LogP contribution in [0.1, 0.15) is 36.5 Å². The zero-order valence-corrected chi connectivity index (χ0v) is 16.2. The van der Waals surface area contributed by atoms with Gasteiger partial charge in [-0.2, -0.15) is 0 Å². The molecule has 3 amide bonds. The number of imide groups is 1. The molecule has 1 N–H and O–H groups in total. The average molecular weight is 405 g/mol. The van der Waals surface area contributed by atoms with Gasteiger partial charge in [-0.3, -0.25) is 19.3 Å². The number of nitrogens with one attached hydrogen (secondary N) is 1. The maximum absolute atomic E-state index is 12.4. The van der Waals surface area contributed by atoms with Crippen LogP contribution in [0.25, 0.3) is 0 Å². The lowest BCUT2D eigenvalue weighted by Crippen LogP contribution is -2.34. The second-order valence-electron chi connectivity index (χ2n) is 6.70. The Bertz CT molecular complexity index is 825. The van der Waals surface area contributed by atoms with Gasteiger partial charge in [0, 0.05) is 18.7 Å². The number of carbonyl (C=O) groups is 4. The van der Waals surface area contributed by atoms with Gasteiger partial charge in [0.15, 0.2) is 0 Å². The van der Waals surface area contributed by atoms with Gasteiger partial charge in [-0.25, -0.2) is 4.79 Å². The molecule has 0 radical (unpaired) electrons. The number of likely N-dealkylation sites (tertiary alicyclic amines) is 1. The van der Waals surface area contributed by atoms with Crippen LogP contribution >= 0.6 is 11.6 Å². The number of benzene rings is 1. The van der Waals surface area contributed by atoms with Crippen molar-refractivity contribution in [2.45, 2.75) is 26.2 Å².